The number of cyclic esters (lactones) is 1. The lowest BCUT2D eigenvalue weighted by molar-refractivity contribution is 0.181. The molecule has 1 aromatic carbocycles. The Kier molecular flexibility index (Phi) is 4.27. The Labute approximate surface area is 147 Å². The fourth-order valence-electron chi connectivity index (χ4n) is 4.74. The van der Waals surface area contributed by atoms with Gasteiger partial charge in [0.2, 0.25) is 0 Å². The van der Waals surface area contributed by atoms with Gasteiger partial charge in [-0.3, -0.25) is 4.90 Å². The molecule has 3 amide bonds. The number of carbonyl (C=O) groups excluding carboxylic acids is 2. The van der Waals surface area contributed by atoms with Crippen LogP contribution in [0.15, 0.2) is 24.3 Å². The van der Waals surface area contributed by atoms with Crippen LogP contribution >= 0.6 is 0 Å². The summed E-state index contributed by atoms with van der Waals surface area (Å²) in [5.41, 5.74) is 1.50. The molecule has 0 spiro atoms. The van der Waals surface area contributed by atoms with E-state index in [1.165, 1.54) is 25.7 Å². The quantitative estimate of drug-likeness (QED) is 0.878. The van der Waals surface area contributed by atoms with E-state index in [0.29, 0.717) is 24.8 Å². The molecule has 1 saturated heterocycles. The van der Waals surface area contributed by atoms with Gasteiger partial charge in [-0.1, -0.05) is 6.42 Å². The molecule has 1 aliphatic heterocycles. The lowest BCUT2D eigenvalue weighted by atomic mass is 9.84. The predicted molar refractivity (Wildman–Crippen MR) is 95.7 cm³/mol. The van der Waals surface area contributed by atoms with Crippen molar-refractivity contribution in [1.29, 1.82) is 0 Å². The largest absolute Gasteiger partial charge is 0.447 e. The summed E-state index contributed by atoms with van der Waals surface area (Å²) in [7, 11) is 0. The van der Waals surface area contributed by atoms with Crippen molar-refractivity contribution in [1.82, 2.24) is 5.32 Å². The maximum Gasteiger partial charge on any atom is 0.414 e. The Morgan fingerprint density at radius 3 is 2.64 bits per heavy atom. The summed E-state index contributed by atoms with van der Waals surface area (Å²) in [4.78, 5) is 25.4. The molecule has 4 rings (SSSR count). The van der Waals surface area contributed by atoms with Crippen molar-refractivity contribution in [3.8, 4) is 0 Å². The van der Waals surface area contributed by atoms with Crippen LogP contribution in [0.3, 0.4) is 0 Å². The number of fused-ring (bicyclic) bond motifs is 2. The standard InChI is InChI=1S/C19H25N3O3/c1-12(17-11-13-2-3-14(17)10-13)20-18(23)21-15-4-6-16(7-5-15)22-8-9-25-19(22)24/h4-7,12-14,17H,2-3,8-11H2,1H3,(H2,20,21,23)/t12-,13+,14+,17+/m1/s1. The molecule has 0 aromatic heterocycles. The van der Waals surface area contributed by atoms with Gasteiger partial charge in [0, 0.05) is 17.4 Å². The average molecular weight is 343 g/mol. The van der Waals surface area contributed by atoms with Crippen LogP contribution < -0.4 is 15.5 Å². The normalized spacial score (nSPS) is 28.8. The van der Waals surface area contributed by atoms with Crippen LogP contribution in [0.5, 0.6) is 0 Å². The Morgan fingerprint density at radius 2 is 2.04 bits per heavy atom. The Balaban J connectivity index is 1.31. The van der Waals surface area contributed by atoms with E-state index in [1.54, 1.807) is 4.90 Å². The van der Waals surface area contributed by atoms with Crippen molar-refractivity contribution < 1.29 is 14.3 Å². The highest BCUT2D eigenvalue weighted by Gasteiger charge is 2.42. The number of nitrogens with zero attached hydrogens (tertiary/aromatic N) is 1. The van der Waals surface area contributed by atoms with E-state index in [2.05, 4.69) is 17.6 Å². The van der Waals surface area contributed by atoms with Crippen LogP contribution in [-0.2, 0) is 4.74 Å². The van der Waals surface area contributed by atoms with Crippen LogP contribution in [0, 0.1) is 17.8 Å². The maximum absolute atomic E-state index is 12.3. The third kappa shape index (κ3) is 3.30. The third-order valence-electron chi connectivity index (χ3n) is 5.99. The minimum atomic E-state index is -0.321. The molecule has 3 aliphatic rings. The molecule has 1 heterocycles. The Bertz CT molecular complexity index is 660. The molecule has 0 radical (unpaired) electrons. The van der Waals surface area contributed by atoms with Gasteiger partial charge in [0.15, 0.2) is 0 Å². The zero-order chi connectivity index (χ0) is 17.4. The van der Waals surface area contributed by atoms with Crippen LogP contribution in [0.4, 0.5) is 21.0 Å². The lowest BCUT2D eigenvalue weighted by Gasteiger charge is -2.28. The number of benzene rings is 1. The highest BCUT2D eigenvalue weighted by atomic mass is 16.6. The van der Waals surface area contributed by atoms with Gasteiger partial charge in [0.1, 0.15) is 6.61 Å². The van der Waals surface area contributed by atoms with Crippen LogP contribution in [0.1, 0.15) is 32.6 Å². The zero-order valence-corrected chi connectivity index (χ0v) is 14.5. The van der Waals surface area contributed by atoms with Gasteiger partial charge in [-0.15, -0.1) is 0 Å². The summed E-state index contributed by atoms with van der Waals surface area (Å²) >= 11 is 0. The molecule has 4 atom stereocenters. The molecule has 1 aromatic rings. The van der Waals surface area contributed by atoms with E-state index in [-0.39, 0.29) is 18.2 Å². The fourth-order valence-corrected chi connectivity index (χ4v) is 4.74. The van der Waals surface area contributed by atoms with Crippen LogP contribution in [0.2, 0.25) is 0 Å². The van der Waals surface area contributed by atoms with E-state index >= 15 is 0 Å². The number of hydrogen-bond acceptors (Lipinski definition) is 3. The van der Waals surface area contributed by atoms with Crippen LogP contribution in [-0.4, -0.2) is 31.3 Å². The molecule has 0 unspecified atom stereocenters. The van der Waals surface area contributed by atoms with E-state index in [1.807, 2.05) is 24.3 Å². The van der Waals surface area contributed by atoms with Gasteiger partial charge in [0.05, 0.1) is 6.54 Å². The molecule has 2 saturated carbocycles. The monoisotopic (exact) mass is 343 g/mol. The first-order valence-electron chi connectivity index (χ1n) is 9.22. The molecule has 2 aliphatic carbocycles. The minimum absolute atomic E-state index is 0.163. The average Bonchev–Trinajstić information content (AvgIpc) is 3.32. The van der Waals surface area contributed by atoms with E-state index < -0.39 is 0 Å². The third-order valence-corrected chi connectivity index (χ3v) is 5.99. The second-order valence-electron chi connectivity index (χ2n) is 7.54. The number of carbonyl (C=O) groups is 2. The van der Waals surface area contributed by atoms with Gasteiger partial charge in [-0.2, -0.15) is 0 Å². The summed E-state index contributed by atoms with van der Waals surface area (Å²) in [6.07, 6.45) is 4.98. The molecular weight excluding hydrogens is 318 g/mol. The molecule has 2 N–H and O–H groups in total. The number of nitrogens with one attached hydrogen (secondary N) is 2. The first-order valence-corrected chi connectivity index (χ1v) is 9.22. The minimum Gasteiger partial charge on any atom is -0.447 e. The fraction of sp³-hybridized carbons (Fsp3) is 0.579. The van der Waals surface area contributed by atoms with Crippen molar-refractivity contribution in [2.45, 2.75) is 38.6 Å². The van der Waals surface area contributed by atoms with Gasteiger partial charge >= 0.3 is 12.1 Å². The number of anilines is 2. The first-order chi connectivity index (χ1) is 12.1. The molecule has 6 heteroatoms. The molecular formula is C19H25N3O3. The molecule has 6 nitrogen and oxygen atoms in total. The smallest absolute Gasteiger partial charge is 0.414 e. The summed E-state index contributed by atoms with van der Waals surface area (Å²) in [6, 6.07) is 7.30. The first kappa shape index (κ1) is 16.2. The molecule has 3 fully saturated rings. The van der Waals surface area contributed by atoms with Crippen molar-refractivity contribution >= 4 is 23.5 Å². The summed E-state index contributed by atoms with van der Waals surface area (Å²) in [5.74, 6) is 2.29. The summed E-state index contributed by atoms with van der Waals surface area (Å²) in [5, 5.41) is 5.98. The zero-order valence-electron chi connectivity index (χ0n) is 14.5. The predicted octanol–water partition coefficient (Wildman–Crippen LogP) is 3.59. The lowest BCUT2D eigenvalue weighted by Crippen LogP contribution is -2.42. The summed E-state index contributed by atoms with van der Waals surface area (Å²) < 4.78 is 4.94. The number of ether oxygens (including phenoxy) is 1. The van der Waals surface area contributed by atoms with Crippen molar-refractivity contribution in [2.75, 3.05) is 23.4 Å². The highest BCUT2D eigenvalue weighted by molar-refractivity contribution is 5.91. The molecule has 25 heavy (non-hydrogen) atoms. The Morgan fingerprint density at radius 1 is 1.24 bits per heavy atom. The van der Waals surface area contributed by atoms with E-state index in [0.717, 1.165) is 17.5 Å². The van der Waals surface area contributed by atoms with Gasteiger partial charge < -0.3 is 15.4 Å². The number of hydrogen-bond donors (Lipinski definition) is 2. The van der Waals surface area contributed by atoms with Crippen molar-refractivity contribution in [3.63, 3.8) is 0 Å². The SMILES string of the molecule is C[C@@H](NC(=O)Nc1ccc(N2CCOC2=O)cc1)[C@@H]1C[C@H]2CC[C@H]1C2. The molecule has 2 bridgehead atoms. The van der Waals surface area contributed by atoms with Gasteiger partial charge in [0.25, 0.3) is 0 Å². The number of urea groups is 1. The second-order valence-corrected chi connectivity index (χ2v) is 7.54. The number of rotatable bonds is 4. The van der Waals surface area contributed by atoms with Gasteiger partial charge in [-0.25, -0.2) is 9.59 Å². The summed E-state index contributed by atoms with van der Waals surface area (Å²) in [6.45, 7) is 3.10. The Hall–Kier alpha value is -2.24. The van der Waals surface area contributed by atoms with E-state index in [9.17, 15) is 9.59 Å². The van der Waals surface area contributed by atoms with Crippen molar-refractivity contribution in [3.05, 3.63) is 24.3 Å². The molecule has 134 valence electrons. The second kappa shape index (κ2) is 6.58. The van der Waals surface area contributed by atoms with Crippen molar-refractivity contribution in [2.24, 2.45) is 17.8 Å². The van der Waals surface area contributed by atoms with Crippen LogP contribution in [0.25, 0.3) is 0 Å². The van der Waals surface area contributed by atoms with E-state index in [4.69, 9.17) is 4.74 Å². The maximum atomic E-state index is 12.3. The number of amides is 3. The highest BCUT2D eigenvalue weighted by Crippen LogP contribution is 2.49. The topological polar surface area (TPSA) is 70.7 Å². The van der Waals surface area contributed by atoms with Gasteiger partial charge in [-0.05, 0) is 68.2 Å².